The predicted octanol–water partition coefficient (Wildman–Crippen LogP) is 3.41. The molecule has 0 atom stereocenters. The number of nitro groups is 1. The molecule has 1 aromatic heterocycles. The Morgan fingerprint density at radius 1 is 1.23 bits per heavy atom. The van der Waals surface area contributed by atoms with E-state index in [4.69, 9.17) is 14.2 Å². The monoisotopic (exact) mass is 379 g/mol. The Morgan fingerprint density at radius 3 is 2.50 bits per heavy atom. The van der Waals surface area contributed by atoms with Crippen LogP contribution in [-0.2, 0) is 4.74 Å². The molecule has 0 radical (unpaired) electrons. The van der Waals surface area contributed by atoms with Crippen LogP contribution >= 0.6 is 11.3 Å². The van der Waals surface area contributed by atoms with E-state index in [1.165, 1.54) is 24.5 Å². The summed E-state index contributed by atoms with van der Waals surface area (Å²) in [5.41, 5.74) is -0.802. The summed E-state index contributed by atoms with van der Waals surface area (Å²) in [6.45, 7) is 3.33. The molecular weight excluding hydrogens is 362 g/mol. The molecule has 9 heteroatoms. The van der Waals surface area contributed by atoms with E-state index in [0.717, 1.165) is 10.9 Å². The Kier molecular flexibility index (Phi) is 6.29. The van der Waals surface area contributed by atoms with Gasteiger partial charge in [0.15, 0.2) is 18.1 Å². The van der Waals surface area contributed by atoms with Crippen molar-refractivity contribution in [1.82, 2.24) is 0 Å². The Labute approximate surface area is 153 Å². The van der Waals surface area contributed by atoms with Gasteiger partial charge < -0.3 is 14.2 Å². The molecule has 0 saturated heterocycles. The number of esters is 1. The van der Waals surface area contributed by atoms with E-state index in [1.54, 1.807) is 19.1 Å². The van der Waals surface area contributed by atoms with Crippen molar-refractivity contribution >= 4 is 28.8 Å². The summed E-state index contributed by atoms with van der Waals surface area (Å²) in [6.07, 6.45) is 0. The fourth-order valence-electron chi connectivity index (χ4n) is 2.16. The normalized spacial score (nSPS) is 10.3. The third kappa shape index (κ3) is 4.37. The maximum atomic E-state index is 12.3. The number of nitro benzene ring substituents is 1. The quantitative estimate of drug-likeness (QED) is 0.299. The molecule has 2 aromatic rings. The first-order valence-electron chi connectivity index (χ1n) is 7.63. The third-order valence-electron chi connectivity index (χ3n) is 3.35. The van der Waals surface area contributed by atoms with Crippen molar-refractivity contribution in [2.45, 2.75) is 13.8 Å². The number of benzene rings is 1. The predicted molar refractivity (Wildman–Crippen MR) is 94.5 cm³/mol. The molecule has 0 aliphatic carbocycles. The maximum absolute atomic E-state index is 12.3. The van der Waals surface area contributed by atoms with Crippen LogP contribution in [0, 0.1) is 17.0 Å². The molecule has 0 aliphatic heterocycles. The number of aryl methyl sites for hydroxylation is 1. The average Bonchev–Trinajstić information content (AvgIpc) is 3.05. The van der Waals surface area contributed by atoms with Gasteiger partial charge in [0, 0.05) is 10.9 Å². The first-order chi connectivity index (χ1) is 12.4. The fraction of sp³-hybridized carbons (Fsp3) is 0.294. The Morgan fingerprint density at radius 2 is 1.96 bits per heavy atom. The number of ketones is 1. The van der Waals surface area contributed by atoms with Crippen molar-refractivity contribution in [2.75, 3.05) is 20.3 Å². The van der Waals surface area contributed by atoms with E-state index in [0.29, 0.717) is 4.88 Å². The van der Waals surface area contributed by atoms with Crippen LogP contribution < -0.4 is 9.47 Å². The number of ether oxygens (including phenoxy) is 3. The molecule has 0 aliphatic rings. The lowest BCUT2D eigenvalue weighted by molar-refractivity contribution is -0.385. The summed E-state index contributed by atoms with van der Waals surface area (Å²) >= 11 is 1.28. The molecule has 0 unspecified atom stereocenters. The van der Waals surface area contributed by atoms with Crippen LogP contribution in [0.5, 0.6) is 11.5 Å². The summed E-state index contributed by atoms with van der Waals surface area (Å²) in [6, 6.07) is 5.69. The topological polar surface area (TPSA) is 105 Å². The molecule has 8 nitrogen and oxygen atoms in total. The second-order valence-corrected chi connectivity index (χ2v) is 6.41. The van der Waals surface area contributed by atoms with E-state index >= 15 is 0 Å². The second kappa shape index (κ2) is 8.43. The molecule has 0 amide bonds. The third-order valence-corrected chi connectivity index (χ3v) is 4.39. The molecule has 26 heavy (non-hydrogen) atoms. The van der Waals surface area contributed by atoms with E-state index in [9.17, 15) is 19.7 Å². The number of hydrogen-bond donors (Lipinski definition) is 0. The van der Waals surface area contributed by atoms with Crippen molar-refractivity contribution in [3.63, 3.8) is 0 Å². The lowest BCUT2D eigenvalue weighted by Crippen LogP contribution is -2.15. The molecule has 2 rings (SSSR count). The van der Waals surface area contributed by atoms with Gasteiger partial charge >= 0.3 is 5.97 Å². The number of carbonyl (C=O) groups is 2. The summed E-state index contributed by atoms with van der Waals surface area (Å²) in [7, 11) is 1.35. The fourth-order valence-corrected chi connectivity index (χ4v) is 2.95. The standard InChI is InChI=1S/C17H17NO7S/c1-4-24-15-8-12(18(21)22)11(7-14(15)23-3)17(20)25-9-13(19)16-6-5-10(2)26-16/h5-8H,4,9H2,1-3H3. The highest BCUT2D eigenvalue weighted by atomic mass is 32.1. The summed E-state index contributed by atoms with van der Waals surface area (Å²) in [5, 5.41) is 11.3. The van der Waals surface area contributed by atoms with Crippen LogP contribution in [0.3, 0.4) is 0 Å². The minimum Gasteiger partial charge on any atom is -0.493 e. The Balaban J connectivity index is 2.23. The zero-order valence-electron chi connectivity index (χ0n) is 14.4. The first kappa shape index (κ1) is 19.4. The average molecular weight is 379 g/mol. The maximum Gasteiger partial charge on any atom is 0.345 e. The molecule has 138 valence electrons. The molecule has 0 fully saturated rings. The zero-order valence-corrected chi connectivity index (χ0v) is 15.3. The number of hydrogen-bond acceptors (Lipinski definition) is 8. The zero-order chi connectivity index (χ0) is 19.3. The van der Waals surface area contributed by atoms with E-state index in [1.807, 2.05) is 6.92 Å². The van der Waals surface area contributed by atoms with Crippen LogP contribution in [0.4, 0.5) is 5.69 Å². The van der Waals surface area contributed by atoms with Crippen LogP contribution in [0.1, 0.15) is 31.8 Å². The van der Waals surface area contributed by atoms with Crippen LogP contribution in [0.15, 0.2) is 24.3 Å². The largest absolute Gasteiger partial charge is 0.493 e. The molecule has 0 spiro atoms. The van der Waals surface area contributed by atoms with Gasteiger partial charge in [-0.15, -0.1) is 11.3 Å². The number of thiophene rings is 1. The Hall–Kier alpha value is -2.94. The van der Waals surface area contributed by atoms with Gasteiger partial charge in [0.2, 0.25) is 5.78 Å². The van der Waals surface area contributed by atoms with E-state index in [-0.39, 0.29) is 29.5 Å². The summed E-state index contributed by atoms with van der Waals surface area (Å²) in [5.74, 6) is -1.07. The van der Waals surface area contributed by atoms with Gasteiger partial charge in [0.1, 0.15) is 5.56 Å². The lowest BCUT2D eigenvalue weighted by Gasteiger charge is -2.11. The van der Waals surface area contributed by atoms with E-state index < -0.39 is 23.2 Å². The van der Waals surface area contributed by atoms with Crippen LogP contribution in [0.2, 0.25) is 0 Å². The highest BCUT2D eigenvalue weighted by molar-refractivity contribution is 7.14. The van der Waals surface area contributed by atoms with Crippen molar-refractivity contribution in [3.8, 4) is 11.5 Å². The SMILES string of the molecule is CCOc1cc([N+](=O)[O-])c(C(=O)OCC(=O)c2ccc(C)s2)cc1OC. The summed E-state index contributed by atoms with van der Waals surface area (Å²) in [4.78, 5) is 36.3. The van der Waals surface area contributed by atoms with Gasteiger partial charge in [-0.25, -0.2) is 4.79 Å². The highest BCUT2D eigenvalue weighted by Crippen LogP contribution is 2.35. The number of methoxy groups -OCH3 is 1. The Bertz CT molecular complexity index is 844. The minimum atomic E-state index is -0.986. The van der Waals surface area contributed by atoms with Crippen molar-refractivity contribution in [1.29, 1.82) is 0 Å². The number of rotatable bonds is 8. The van der Waals surface area contributed by atoms with Crippen molar-refractivity contribution in [2.24, 2.45) is 0 Å². The first-order valence-corrected chi connectivity index (χ1v) is 8.45. The second-order valence-electron chi connectivity index (χ2n) is 5.12. The minimum absolute atomic E-state index is 0.142. The van der Waals surface area contributed by atoms with Gasteiger partial charge in [-0.1, -0.05) is 0 Å². The molecule has 0 bridgehead atoms. The molecule has 0 saturated carbocycles. The lowest BCUT2D eigenvalue weighted by atomic mass is 10.1. The van der Waals surface area contributed by atoms with Gasteiger partial charge in [-0.3, -0.25) is 14.9 Å². The van der Waals surface area contributed by atoms with Crippen LogP contribution in [0.25, 0.3) is 0 Å². The number of Topliss-reactive ketones (excluding diaryl/α,β-unsaturated/α-hetero) is 1. The smallest absolute Gasteiger partial charge is 0.345 e. The van der Waals surface area contributed by atoms with Crippen molar-refractivity contribution in [3.05, 3.63) is 49.7 Å². The van der Waals surface area contributed by atoms with Gasteiger partial charge in [0.05, 0.1) is 29.6 Å². The van der Waals surface area contributed by atoms with E-state index in [2.05, 4.69) is 0 Å². The molecule has 1 heterocycles. The van der Waals surface area contributed by atoms with Crippen LogP contribution in [-0.4, -0.2) is 37.0 Å². The molecular formula is C17H17NO7S. The van der Waals surface area contributed by atoms with Gasteiger partial charge in [0.25, 0.3) is 5.69 Å². The molecule has 1 aromatic carbocycles. The molecule has 0 N–H and O–H groups in total. The van der Waals surface area contributed by atoms with Crippen molar-refractivity contribution < 1.29 is 28.7 Å². The number of nitrogens with zero attached hydrogens (tertiary/aromatic N) is 1. The van der Waals surface area contributed by atoms with Gasteiger partial charge in [-0.05, 0) is 26.0 Å². The summed E-state index contributed by atoms with van der Waals surface area (Å²) < 4.78 is 15.3. The number of carbonyl (C=O) groups excluding carboxylic acids is 2. The highest BCUT2D eigenvalue weighted by Gasteiger charge is 2.26. The van der Waals surface area contributed by atoms with Gasteiger partial charge in [-0.2, -0.15) is 0 Å².